The number of nitrogens with zero attached hydrogens (tertiary/aromatic N) is 1. The number of halogens is 5. The molecule has 0 aliphatic rings. The van der Waals surface area contributed by atoms with E-state index in [1.807, 2.05) is 0 Å². The maximum Gasteiger partial charge on any atom is 0.417 e. The minimum atomic E-state index is -4.61. The summed E-state index contributed by atoms with van der Waals surface area (Å²) in [6, 6.07) is 15.1. The number of carbonyl (C=O) groups is 3. The molecule has 3 amide bonds. The Bertz CT molecular complexity index is 1680. The molecule has 0 saturated carbocycles. The van der Waals surface area contributed by atoms with Gasteiger partial charge in [0.25, 0.3) is 11.8 Å². The molecular weight excluding hydrogens is 592 g/mol. The Kier molecular flexibility index (Phi) is 9.18. The standard InChI is InChI=1S/C30H27Cl2F3N4O3/c1-16(2)27(40)36-14-17-7-9-23(31)21(11-17)28(41)38-20-8-10-24-19(12-20)13-25(39(24)3)29(42)37-15-18-5-4-6-22(26(18)32)30(33,34)35/h4-13,16H,14-15H2,1-3H3,(H,36,40)(H,37,42)(H,38,41). The monoisotopic (exact) mass is 618 g/mol. The van der Waals surface area contributed by atoms with Gasteiger partial charge in [-0.05, 0) is 53.6 Å². The summed E-state index contributed by atoms with van der Waals surface area (Å²) in [5.74, 6) is -1.25. The molecule has 3 aromatic carbocycles. The molecule has 0 spiro atoms. The minimum absolute atomic E-state index is 0.111. The zero-order valence-electron chi connectivity index (χ0n) is 22.8. The third-order valence-corrected chi connectivity index (χ3v) is 7.40. The van der Waals surface area contributed by atoms with Gasteiger partial charge in [0.05, 0.1) is 21.2 Å². The summed E-state index contributed by atoms with van der Waals surface area (Å²) in [5.41, 5.74) is 1.51. The third kappa shape index (κ3) is 6.88. The van der Waals surface area contributed by atoms with Crippen LogP contribution in [0.5, 0.6) is 0 Å². The molecule has 220 valence electrons. The number of fused-ring (bicyclic) bond motifs is 1. The zero-order valence-corrected chi connectivity index (χ0v) is 24.3. The van der Waals surface area contributed by atoms with E-state index in [0.29, 0.717) is 22.2 Å². The number of benzene rings is 3. The van der Waals surface area contributed by atoms with E-state index in [0.717, 1.165) is 6.07 Å². The maximum absolute atomic E-state index is 13.2. The first-order valence-corrected chi connectivity index (χ1v) is 13.6. The van der Waals surface area contributed by atoms with Crippen LogP contribution >= 0.6 is 23.2 Å². The Hall–Kier alpha value is -4.02. The number of rotatable bonds is 8. The topological polar surface area (TPSA) is 92.2 Å². The number of aryl methyl sites for hydroxylation is 1. The molecule has 0 fully saturated rings. The average Bonchev–Trinajstić information content (AvgIpc) is 3.26. The number of alkyl halides is 3. The average molecular weight is 619 g/mol. The number of nitrogens with one attached hydrogen (secondary N) is 3. The van der Waals surface area contributed by atoms with Crippen molar-refractivity contribution in [2.24, 2.45) is 13.0 Å². The molecule has 0 atom stereocenters. The van der Waals surface area contributed by atoms with Crippen molar-refractivity contribution in [3.8, 4) is 0 Å². The highest BCUT2D eigenvalue weighted by atomic mass is 35.5. The second kappa shape index (κ2) is 12.5. The lowest BCUT2D eigenvalue weighted by atomic mass is 10.1. The van der Waals surface area contributed by atoms with Crippen molar-refractivity contribution in [1.82, 2.24) is 15.2 Å². The summed E-state index contributed by atoms with van der Waals surface area (Å²) in [6.07, 6.45) is -4.61. The van der Waals surface area contributed by atoms with E-state index < -0.39 is 28.6 Å². The first-order chi connectivity index (χ1) is 19.8. The number of hydrogen-bond donors (Lipinski definition) is 3. The van der Waals surface area contributed by atoms with Crippen molar-refractivity contribution in [2.45, 2.75) is 33.1 Å². The van der Waals surface area contributed by atoms with Crippen LogP contribution in [-0.2, 0) is 31.1 Å². The molecule has 42 heavy (non-hydrogen) atoms. The Morgan fingerprint density at radius 3 is 2.33 bits per heavy atom. The number of aromatic nitrogens is 1. The molecule has 0 unspecified atom stereocenters. The van der Waals surface area contributed by atoms with E-state index in [1.165, 1.54) is 12.1 Å². The van der Waals surface area contributed by atoms with Crippen molar-refractivity contribution < 1.29 is 27.6 Å². The van der Waals surface area contributed by atoms with Crippen molar-refractivity contribution in [1.29, 1.82) is 0 Å². The van der Waals surface area contributed by atoms with Gasteiger partial charge in [0.1, 0.15) is 5.69 Å². The second-order valence-corrected chi connectivity index (χ2v) is 10.7. The number of carbonyl (C=O) groups excluding carboxylic acids is 3. The third-order valence-electron chi connectivity index (χ3n) is 6.62. The van der Waals surface area contributed by atoms with Gasteiger partial charge in [-0.1, -0.05) is 55.2 Å². The second-order valence-electron chi connectivity index (χ2n) is 9.96. The molecule has 0 aliphatic carbocycles. The van der Waals surface area contributed by atoms with Gasteiger partial charge in [0.2, 0.25) is 5.91 Å². The maximum atomic E-state index is 13.2. The summed E-state index contributed by atoms with van der Waals surface area (Å²) in [5, 5.41) is 8.65. The zero-order chi connectivity index (χ0) is 30.8. The Labute approximate surface area is 250 Å². The summed E-state index contributed by atoms with van der Waals surface area (Å²) < 4.78 is 41.1. The van der Waals surface area contributed by atoms with Crippen molar-refractivity contribution in [3.05, 3.63) is 98.7 Å². The van der Waals surface area contributed by atoms with Crippen molar-refractivity contribution in [3.63, 3.8) is 0 Å². The molecule has 1 heterocycles. The quantitative estimate of drug-likeness (QED) is 0.199. The first-order valence-electron chi connectivity index (χ1n) is 12.9. The fraction of sp³-hybridized carbons (Fsp3) is 0.233. The molecular formula is C30H27Cl2F3N4O3. The van der Waals surface area contributed by atoms with E-state index in [9.17, 15) is 27.6 Å². The summed E-state index contributed by atoms with van der Waals surface area (Å²) in [7, 11) is 1.68. The highest BCUT2D eigenvalue weighted by Gasteiger charge is 2.33. The molecule has 0 saturated heterocycles. The van der Waals surface area contributed by atoms with Crippen molar-refractivity contribution in [2.75, 3.05) is 5.32 Å². The number of amides is 3. The van der Waals surface area contributed by atoms with Gasteiger partial charge in [0, 0.05) is 42.6 Å². The van der Waals surface area contributed by atoms with Gasteiger partial charge in [-0.25, -0.2) is 0 Å². The molecule has 7 nitrogen and oxygen atoms in total. The summed E-state index contributed by atoms with van der Waals surface area (Å²) in [4.78, 5) is 37.9. The van der Waals surface area contributed by atoms with Crippen LogP contribution in [-0.4, -0.2) is 22.3 Å². The van der Waals surface area contributed by atoms with Gasteiger partial charge in [-0.3, -0.25) is 14.4 Å². The molecule has 12 heteroatoms. The first kappa shape index (κ1) is 30.9. The van der Waals surface area contributed by atoms with Crippen LogP contribution in [0.4, 0.5) is 18.9 Å². The van der Waals surface area contributed by atoms with E-state index in [2.05, 4.69) is 16.0 Å². The normalized spacial score (nSPS) is 11.5. The summed E-state index contributed by atoms with van der Waals surface area (Å²) >= 11 is 12.2. The lowest BCUT2D eigenvalue weighted by molar-refractivity contribution is -0.137. The molecule has 1 aromatic heterocycles. The highest BCUT2D eigenvalue weighted by molar-refractivity contribution is 6.34. The predicted octanol–water partition coefficient (Wildman–Crippen LogP) is 6.96. The van der Waals surface area contributed by atoms with Crippen LogP contribution in [0.1, 0.15) is 51.4 Å². The molecule has 0 radical (unpaired) electrons. The lowest BCUT2D eigenvalue weighted by Crippen LogP contribution is -2.27. The van der Waals surface area contributed by atoms with E-state index >= 15 is 0 Å². The Morgan fingerprint density at radius 1 is 0.905 bits per heavy atom. The smallest absolute Gasteiger partial charge is 0.352 e. The van der Waals surface area contributed by atoms with Gasteiger partial charge >= 0.3 is 6.18 Å². The number of hydrogen-bond acceptors (Lipinski definition) is 3. The van der Waals surface area contributed by atoms with Gasteiger partial charge in [-0.15, -0.1) is 0 Å². The molecule has 4 aromatic rings. The van der Waals surface area contributed by atoms with E-state index in [1.54, 1.807) is 67.9 Å². The van der Waals surface area contributed by atoms with Gasteiger partial charge < -0.3 is 20.5 Å². The van der Waals surface area contributed by atoms with Crippen LogP contribution in [0.25, 0.3) is 10.9 Å². The van der Waals surface area contributed by atoms with Crippen LogP contribution in [0.2, 0.25) is 10.0 Å². The molecule has 3 N–H and O–H groups in total. The molecule has 4 rings (SSSR count). The predicted molar refractivity (Wildman–Crippen MR) is 157 cm³/mol. The fourth-order valence-electron chi connectivity index (χ4n) is 4.29. The minimum Gasteiger partial charge on any atom is -0.352 e. The van der Waals surface area contributed by atoms with Gasteiger partial charge in [-0.2, -0.15) is 13.2 Å². The van der Waals surface area contributed by atoms with Crippen LogP contribution in [0.15, 0.2) is 60.7 Å². The van der Waals surface area contributed by atoms with Crippen LogP contribution in [0.3, 0.4) is 0 Å². The highest BCUT2D eigenvalue weighted by Crippen LogP contribution is 2.36. The fourth-order valence-corrected chi connectivity index (χ4v) is 4.80. The summed E-state index contributed by atoms with van der Waals surface area (Å²) in [6.45, 7) is 3.61. The SMILES string of the molecule is CC(C)C(=O)NCc1ccc(Cl)c(C(=O)Nc2ccc3c(c2)cc(C(=O)NCc2cccc(C(F)(F)F)c2Cl)n3C)c1. The Balaban J connectivity index is 1.48. The van der Waals surface area contributed by atoms with E-state index in [-0.39, 0.29) is 46.8 Å². The molecule has 0 bridgehead atoms. The number of anilines is 1. The van der Waals surface area contributed by atoms with Gasteiger partial charge in [0.15, 0.2) is 0 Å². The lowest BCUT2D eigenvalue weighted by Gasteiger charge is -2.13. The van der Waals surface area contributed by atoms with E-state index in [4.69, 9.17) is 23.2 Å². The van der Waals surface area contributed by atoms with Crippen molar-refractivity contribution >= 4 is 57.5 Å². The largest absolute Gasteiger partial charge is 0.417 e. The molecule has 0 aliphatic heterocycles. The van der Waals surface area contributed by atoms with Crippen LogP contribution in [0, 0.1) is 5.92 Å². The van der Waals surface area contributed by atoms with Crippen LogP contribution < -0.4 is 16.0 Å². The Morgan fingerprint density at radius 2 is 1.64 bits per heavy atom.